The number of hydrogen-bond acceptors (Lipinski definition) is 3. The van der Waals surface area contributed by atoms with Gasteiger partial charge in [0.1, 0.15) is 11.9 Å². The summed E-state index contributed by atoms with van der Waals surface area (Å²) in [5.74, 6) is 0.746. The van der Waals surface area contributed by atoms with Gasteiger partial charge in [-0.1, -0.05) is 48.0 Å². The van der Waals surface area contributed by atoms with Gasteiger partial charge in [0.15, 0.2) is 5.60 Å². The Morgan fingerprint density at radius 2 is 1.71 bits per heavy atom. The molecule has 2 aromatic rings. The van der Waals surface area contributed by atoms with E-state index in [1.807, 2.05) is 61.5 Å². The molecule has 21 heavy (non-hydrogen) atoms. The summed E-state index contributed by atoms with van der Waals surface area (Å²) in [6, 6.07) is 17.2. The summed E-state index contributed by atoms with van der Waals surface area (Å²) in [5.41, 5.74) is 5.94. The molecule has 0 bridgehead atoms. The van der Waals surface area contributed by atoms with E-state index in [2.05, 4.69) is 0 Å². The van der Waals surface area contributed by atoms with E-state index in [0.717, 1.165) is 11.3 Å². The number of hydrogen-bond donors (Lipinski definition) is 1. The maximum atomic E-state index is 6.36. The number of rotatable bonds is 6. The molecule has 112 valence electrons. The van der Waals surface area contributed by atoms with E-state index in [0.29, 0.717) is 11.6 Å². The lowest BCUT2D eigenvalue weighted by Crippen LogP contribution is -2.47. The molecule has 0 saturated carbocycles. The van der Waals surface area contributed by atoms with Crippen LogP contribution in [0.1, 0.15) is 12.5 Å². The summed E-state index contributed by atoms with van der Waals surface area (Å²) in [4.78, 5) is 0. The number of halogens is 1. The van der Waals surface area contributed by atoms with Crippen LogP contribution in [-0.2, 0) is 10.3 Å². The van der Waals surface area contributed by atoms with Crippen LogP contribution in [0.2, 0.25) is 5.02 Å². The number of ether oxygens (including phenoxy) is 2. The van der Waals surface area contributed by atoms with Crippen LogP contribution in [0.5, 0.6) is 5.75 Å². The number of benzene rings is 2. The van der Waals surface area contributed by atoms with E-state index < -0.39 is 5.60 Å². The third kappa shape index (κ3) is 3.38. The van der Waals surface area contributed by atoms with Crippen LogP contribution in [-0.4, -0.2) is 19.8 Å². The maximum Gasteiger partial charge on any atom is 0.160 e. The van der Waals surface area contributed by atoms with Gasteiger partial charge in [0.2, 0.25) is 0 Å². The van der Waals surface area contributed by atoms with E-state index >= 15 is 0 Å². The first kappa shape index (κ1) is 15.8. The van der Waals surface area contributed by atoms with Gasteiger partial charge in [-0.2, -0.15) is 0 Å². The second-order valence-electron chi connectivity index (χ2n) is 4.96. The van der Waals surface area contributed by atoms with Crippen molar-refractivity contribution in [3.8, 4) is 5.75 Å². The Bertz CT molecular complexity index is 572. The average Bonchev–Trinajstić information content (AvgIpc) is 2.49. The molecule has 2 unspecified atom stereocenters. The highest BCUT2D eigenvalue weighted by molar-refractivity contribution is 6.31. The molecular formula is C17H20ClNO2. The van der Waals surface area contributed by atoms with Gasteiger partial charge in [-0.25, -0.2) is 0 Å². The Morgan fingerprint density at radius 1 is 1.10 bits per heavy atom. The minimum atomic E-state index is -0.775. The molecule has 0 radical (unpaired) electrons. The fourth-order valence-electron chi connectivity index (χ4n) is 2.44. The molecule has 2 aromatic carbocycles. The second-order valence-corrected chi connectivity index (χ2v) is 5.37. The molecule has 0 spiro atoms. The molecule has 0 amide bonds. The Balaban J connectivity index is 2.47. The minimum absolute atomic E-state index is 0.322. The number of methoxy groups -OCH3 is 1. The standard InChI is InChI=1S/C17H20ClNO2/c1-17(16(12-19)20-2,14-10-6-7-11-15(14)18)21-13-8-4-3-5-9-13/h3-11,16H,12,19H2,1-2H3. The summed E-state index contributed by atoms with van der Waals surface area (Å²) in [6.07, 6.45) is -0.322. The number of para-hydroxylation sites is 1. The van der Waals surface area contributed by atoms with Crippen molar-refractivity contribution in [2.45, 2.75) is 18.6 Å². The first-order valence-corrected chi connectivity index (χ1v) is 7.21. The molecule has 2 rings (SSSR count). The van der Waals surface area contributed by atoms with Crippen LogP contribution in [0, 0.1) is 0 Å². The van der Waals surface area contributed by atoms with Gasteiger partial charge < -0.3 is 15.2 Å². The van der Waals surface area contributed by atoms with Gasteiger partial charge in [0, 0.05) is 24.2 Å². The molecule has 3 nitrogen and oxygen atoms in total. The largest absolute Gasteiger partial charge is 0.480 e. The van der Waals surface area contributed by atoms with Crippen LogP contribution < -0.4 is 10.5 Å². The van der Waals surface area contributed by atoms with E-state index in [-0.39, 0.29) is 6.10 Å². The van der Waals surface area contributed by atoms with Crippen molar-refractivity contribution in [2.24, 2.45) is 5.73 Å². The highest BCUT2D eigenvalue weighted by atomic mass is 35.5. The molecule has 4 heteroatoms. The van der Waals surface area contributed by atoms with E-state index in [4.69, 9.17) is 26.8 Å². The normalized spacial score (nSPS) is 15.2. The zero-order chi connectivity index (χ0) is 15.3. The van der Waals surface area contributed by atoms with Crippen molar-refractivity contribution in [2.75, 3.05) is 13.7 Å². The Hall–Kier alpha value is -1.55. The highest BCUT2D eigenvalue weighted by Gasteiger charge is 2.39. The molecule has 2 atom stereocenters. The molecule has 0 heterocycles. The van der Waals surface area contributed by atoms with Crippen molar-refractivity contribution in [3.63, 3.8) is 0 Å². The van der Waals surface area contributed by atoms with Gasteiger partial charge in [-0.3, -0.25) is 0 Å². The van der Waals surface area contributed by atoms with Gasteiger partial charge >= 0.3 is 0 Å². The van der Waals surface area contributed by atoms with E-state index in [1.165, 1.54) is 0 Å². The molecule has 0 fully saturated rings. The first-order chi connectivity index (χ1) is 10.1. The SMILES string of the molecule is COC(CN)C(C)(Oc1ccccc1)c1ccccc1Cl. The smallest absolute Gasteiger partial charge is 0.160 e. The fourth-order valence-corrected chi connectivity index (χ4v) is 2.76. The monoisotopic (exact) mass is 305 g/mol. The summed E-state index contributed by atoms with van der Waals surface area (Å²) in [6.45, 7) is 2.27. The van der Waals surface area contributed by atoms with Gasteiger partial charge in [-0.05, 0) is 25.1 Å². The highest BCUT2D eigenvalue weighted by Crippen LogP contribution is 2.36. The lowest BCUT2D eigenvalue weighted by Gasteiger charge is -2.37. The van der Waals surface area contributed by atoms with Crippen molar-refractivity contribution < 1.29 is 9.47 Å². The van der Waals surface area contributed by atoms with E-state index in [9.17, 15) is 0 Å². The van der Waals surface area contributed by atoms with Crippen molar-refractivity contribution in [3.05, 3.63) is 65.2 Å². The maximum absolute atomic E-state index is 6.36. The minimum Gasteiger partial charge on any atom is -0.480 e. The van der Waals surface area contributed by atoms with Crippen molar-refractivity contribution >= 4 is 11.6 Å². The molecule has 0 aliphatic carbocycles. The van der Waals surface area contributed by atoms with Crippen LogP contribution in [0.4, 0.5) is 0 Å². The molecular weight excluding hydrogens is 286 g/mol. The predicted octanol–water partition coefficient (Wildman–Crippen LogP) is 3.61. The topological polar surface area (TPSA) is 44.5 Å². The Labute approximate surface area is 130 Å². The van der Waals surface area contributed by atoms with Crippen LogP contribution in [0.15, 0.2) is 54.6 Å². The Kier molecular flexibility index (Phi) is 5.23. The van der Waals surface area contributed by atoms with Crippen LogP contribution >= 0.6 is 11.6 Å². The van der Waals surface area contributed by atoms with Crippen LogP contribution in [0.25, 0.3) is 0 Å². The second kappa shape index (κ2) is 6.94. The molecule has 2 N–H and O–H groups in total. The molecule has 0 aromatic heterocycles. The van der Waals surface area contributed by atoms with Gasteiger partial charge in [0.05, 0.1) is 0 Å². The lowest BCUT2D eigenvalue weighted by atomic mass is 9.89. The molecule has 0 aliphatic heterocycles. The lowest BCUT2D eigenvalue weighted by molar-refractivity contribution is -0.0636. The summed E-state index contributed by atoms with van der Waals surface area (Å²) in [5, 5.41) is 0.631. The summed E-state index contributed by atoms with van der Waals surface area (Å²) in [7, 11) is 1.63. The zero-order valence-corrected chi connectivity index (χ0v) is 13.0. The quantitative estimate of drug-likeness (QED) is 0.886. The van der Waals surface area contributed by atoms with Crippen molar-refractivity contribution in [1.82, 2.24) is 0 Å². The van der Waals surface area contributed by atoms with Crippen molar-refractivity contribution in [1.29, 1.82) is 0 Å². The number of nitrogens with two attached hydrogens (primary N) is 1. The van der Waals surface area contributed by atoms with Gasteiger partial charge in [0.25, 0.3) is 0 Å². The van der Waals surface area contributed by atoms with Gasteiger partial charge in [-0.15, -0.1) is 0 Å². The summed E-state index contributed by atoms with van der Waals surface area (Å²) >= 11 is 6.36. The third-order valence-electron chi connectivity index (χ3n) is 3.59. The third-order valence-corrected chi connectivity index (χ3v) is 3.92. The first-order valence-electron chi connectivity index (χ1n) is 6.83. The molecule has 0 aliphatic rings. The average molecular weight is 306 g/mol. The predicted molar refractivity (Wildman–Crippen MR) is 85.7 cm³/mol. The summed E-state index contributed by atoms with van der Waals surface area (Å²) < 4.78 is 11.8. The Morgan fingerprint density at radius 3 is 2.29 bits per heavy atom. The van der Waals surface area contributed by atoms with Crippen LogP contribution in [0.3, 0.4) is 0 Å². The van der Waals surface area contributed by atoms with E-state index in [1.54, 1.807) is 7.11 Å². The fraction of sp³-hybridized carbons (Fsp3) is 0.294. The molecule has 0 saturated heterocycles. The zero-order valence-electron chi connectivity index (χ0n) is 12.3.